The van der Waals surface area contributed by atoms with E-state index in [2.05, 4.69) is 24.4 Å². The molecule has 0 bridgehead atoms. The number of rotatable bonds is 1. The molecule has 0 radical (unpaired) electrons. The molecular formula is C12H16ClN. The van der Waals surface area contributed by atoms with E-state index in [1.807, 2.05) is 6.07 Å². The average Bonchev–Trinajstić information content (AvgIpc) is 2.23. The SMILES string of the molecule is Cc1ccc(Cl)c(C2CCCCN2)c1. The number of piperidine rings is 1. The topological polar surface area (TPSA) is 12.0 Å². The Bertz CT molecular complexity index is 316. The summed E-state index contributed by atoms with van der Waals surface area (Å²) in [6, 6.07) is 6.74. The molecule has 14 heavy (non-hydrogen) atoms. The lowest BCUT2D eigenvalue weighted by Gasteiger charge is -2.24. The van der Waals surface area contributed by atoms with Crippen LogP contribution in [0.1, 0.15) is 36.4 Å². The number of nitrogens with one attached hydrogen (secondary N) is 1. The predicted octanol–water partition coefficient (Wildman–Crippen LogP) is 3.46. The number of benzene rings is 1. The summed E-state index contributed by atoms with van der Waals surface area (Å²) >= 11 is 6.19. The number of halogens is 1. The van der Waals surface area contributed by atoms with Crippen LogP contribution in [-0.2, 0) is 0 Å². The van der Waals surface area contributed by atoms with E-state index in [-0.39, 0.29) is 0 Å². The first-order valence-electron chi connectivity index (χ1n) is 5.27. The molecule has 1 fully saturated rings. The summed E-state index contributed by atoms with van der Waals surface area (Å²) in [5.74, 6) is 0. The van der Waals surface area contributed by atoms with Crippen LogP contribution in [0.4, 0.5) is 0 Å². The highest BCUT2D eigenvalue weighted by Gasteiger charge is 2.16. The lowest BCUT2D eigenvalue weighted by molar-refractivity contribution is 0.412. The van der Waals surface area contributed by atoms with Crippen LogP contribution in [0.3, 0.4) is 0 Å². The second-order valence-electron chi connectivity index (χ2n) is 4.03. The van der Waals surface area contributed by atoms with Crippen LogP contribution in [0.15, 0.2) is 18.2 Å². The molecule has 1 nitrogen and oxygen atoms in total. The number of hydrogen-bond acceptors (Lipinski definition) is 1. The van der Waals surface area contributed by atoms with Crippen LogP contribution in [0, 0.1) is 6.92 Å². The Morgan fingerprint density at radius 1 is 1.36 bits per heavy atom. The zero-order chi connectivity index (χ0) is 9.97. The van der Waals surface area contributed by atoms with E-state index in [0.29, 0.717) is 6.04 Å². The molecule has 0 aliphatic carbocycles. The van der Waals surface area contributed by atoms with E-state index in [1.165, 1.54) is 30.4 Å². The van der Waals surface area contributed by atoms with Gasteiger partial charge in [0.25, 0.3) is 0 Å². The third-order valence-electron chi connectivity index (χ3n) is 2.84. The van der Waals surface area contributed by atoms with Crippen LogP contribution < -0.4 is 5.32 Å². The Morgan fingerprint density at radius 2 is 2.21 bits per heavy atom. The van der Waals surface area contributed by atoms with Crippen molar-refractivity contribution in [3.05, 3.63) is 34.3 Å². The fourth-order valence-electron chi connectivity index (χ4n) is 2.05. The van der Waals surface area contributed by atoms with Gasteiger partial charge in [-0.3, -0.25) is 0 Å². The summed E-state index contributed by atoms with van der Waals surface area (Å²) in [7, 11) is 0. The third kappa shape index (κ3) is 2.10. The van der Waals surface area contributed by atoms with E-state index < -0.39 is 0 Å². The van der Waals surface area contributed by atoms with E-state index in [1.54, 1.807) is 0 Å². The highest BCUT2D eigenvalue weighted by molar-refractivity contribution is 6.31. The fourth-order valence-corrected chi connectivity index (χ4v) is 2.30. The van der Waals surface area contributed by atoms with Crippen LogP contribution in [-0.4, -0.2) is 6.54 Å². The molecule has 1 aromatic carbocycles. The van der Waals surface area contributed by atoms with Gasteiger partial charge < -0.3 is 5.32 Å². The molecule has 2 rings (SSSR count). The van der Waals surface area contributed by atoms with Crippen LogP contribution in [0.2, 0.25) is 5.02 Å². The molecule has 1 saturated heterocycles. The van der Waals surface area contributed by atoms with E-state index in [0.717, 1.165) is 11.6 Å². The molecule has 0 saturated carbocycles. The van der Waals surface area contributed by atoms with Crippen LogP contribution in [0.5, 0.6) is 0 Å². The number of hydrogen-bond donors (Lipinski definition) is 1. The lowest BCUT2D eigenvalue weighted by Crippen LogP contribution is -2.27. The summed E-state index contributed by atoms with van der Waals surface area (Å²) in [6.45, 7) is 3.23. The van der Waals surface area contributed by atoms with Crippen LogP contribution in [0.25, 0.3) is 0 Å². The Balaban J connectivity index is 2.24. The molecule has 0 aromatic heterocycles. The first kappa shape index (κ1) is 10.0. The summed E-state index contributed by atoms with van der Waals surface area (Å²) in [4.78, 5) is 0. The minimum absolute atomic E-state index is 0.469. The second-order valence-corrected chi connectivity index (χ2v) is 4.43. The molecule has 1 heterocycles. The number of aryl methyl sites for hydroxylation is 1. The molecular weight excluding hydrogens is 194 g/mol. The van der Waals surface area contributed by atoms with Gasteiger partial charge in [-0.1, -0.05) is 35.7 Å². The standard InChI is InChI=1S/C12H16ClN/c1-9-5-6-11(13)10(8-9)12-4-2-3-7-14-12/h5-6,8,12,14H,2-4,7H2,1H3. The quantitative estimate of drug-likeness (QED) is 0.747. The average molecular weight is 210 g/mol. The highest BCUT2D eigenvalue weighted by atomic mass is 35.5. The minimum atomic E-state index is 0.469. The van der Waals surface area contributed by atoms with Crippen molar-refractivity contribution in [2.45, 2.75) is 32.2 Å². The van der Waals surface area contributed by atoms with E-state index >= 15 is 0 Å². The molecule has 1 atom stereocenters. The monoisotopic (exact) mass is 209 g/mol. The van der Waals surface area contributed by atoms with Gasteiger partial charge in [-0.05, 0) is 37.9 Å². The predicted molar refractivity (Wildman–Crippen MR) is 60.8 cm³/mol. The smallest absolute Gasteiger partial charge is 0.0453 e. The Labute approximate surface area is 90.5 Å². The second kappa shape index (κ2) is 4.33. The van der Waals surface area contributed by atoms with Crippen LogP contribution >= 0.6 is 11.6 Å². The van der Waals surface area contributed by atoms with Crippen molar-refractivity contribution in [2.24, 2.45) is 0 Å². The van der Waals surface area contributed by atoms with Crippen molar-refractivity contribution in [3.63, 3.8) is 0 Å². The molecule has 76 valence electrons. The Morgan fingerprint density at radius 3 is 2.93 bits per heavy atom. The zero-order valence-electron chi connectivity index (χ0n) is 8.52. The molecule has 1 aliphatic rings. The maximum absolute atomic E-state index is 6.19. The Hall–Kier alpha value is -0.530. The lowest BCUT2D eigenvalue weighted by atomic mass is 9.96. The molecule has 1 unspecified atom stereocenters. The van der Waals surface area contributed by atoms with Gasteiger partial charge in [0.2, 0.25) is 0 Å². The zero-order valence-corrected chi connectivity index (χ0v) is 9.27. The maximum atomic E-state index is 6.19. The third-order valence-corrected chi connectivity index (χ3v) is 3.18. The van der Waals surface area contributed by atoms with Crippen molar-refractivity contribution in [3.8, 4) is 0 Å². The van der Waals surface area contributed by atoms with Crippen molar-refractivity contribution in [1.82, 2.24) is 5.32 Å². The van der Waals surface area contributed by atoms with E-state index in [4.69, 9.17) is 11.6 Å². The summed E-state index contributed by atoms with van der Waals surface area (Å²) < 4.78 is 0. The van der Waals surface area contributed by atoms with Gasteiger partial charge in [0.05, 0.1) is 0 Å². The molecule has 1 N–H and O–H groups in total. The summed E-state index contributed by atoms with van der Waals surface area (Å²) in [5, 5.41) is 4.42. The van der Waals surface area contributed by atoms with Crippen molar-refractivity contribution >= 4 is 11.6 Å². The van der Waals surface area contributed by atoms with Gasteiger partial charge in [0.15, 0.2) is 0 Å². The van der Waals surface area contributed by atoms with Gasteiger partial charge in [0.1, 0.15) is 0 Å². The van der Waals surface area contributed by atoms with Gasteiger partial charge in [-0.15, -0.1) is 0 Å². The van der Waals surface area contributed by atoms with Gasteiger partial charge in [-0.25, -0.2) is 0 Å². The summed E-state index contributed by atoms with van der Waals surface area (Å²) in [5.41, 5.74) is 2.56. The molecule has 0 amide bonds. The largest absolute Gasteiger partial charge is 0.310 e. The van der Waals surface area contributed by atoms with Gasteiger partial charge in [0, 0.05) is 11.1 Å². The summed E-state index contributed by atoms with van der Waals surface area (Å²) in [6.07, 6.45) is 3.81. The van der Waals surface area contributed by atoms with Crippen molar-refractivity contribution < 1.29 is 0 Å². The molecule has 1 aliphatic heterocycles. The molecule has 2 heteroatoms. The fraction of sp³-hybridized carbons (Fsp3) is 0.500. The normalized spacial score (nSPS) is 22.3. The molecule has 1 aromatic rings. The van der Waals surface area contributed by atoms with Gasteiger partial charge in [-0.2, -0.15) is 0 Å². The first-order chi connectivity index (χ1) is 6.77. The first-order valence-corrected chi connectivity index (χ1v) is 5.64. The molecule has 0 spiro atoms. The highest BCUT2D eigenvalue weighted by Crippen LogP contribution is 2.29. The maximum Gasteiger partial charge on any atom is 0.0453 e. The minimum Gasteiger partial charge on any atom is -0.310 e. The Kier molecular flexibility index (Phi) is 3.09. The van der Waals surface area contributed by atoms with Gasteiger partial charge >= 0.3 is 0 Å². The van der Waals surface area contributed by atoms with Crippen molar-refractivity contribution in [2.75, 3.05) is 6.54 Å². The van der Waals surface area contributed by atoms with Crippen molar-refractivity contribution in [1.29, 1.82) is 0 Å². The van der Waals surface area contributed by atoms with E-state index in [9.17, 15) is 0 Å².